The van der Waals surface area contributed by atoms with Gasteiger partial charge in [-0.15, -0.1) is 0 Å². The van der Waals surface area contributed by atoms with Crippen molar-refractivity contribution in [3.8, 4) is 0 Å². The van der Waals surface area contributed by atoms with Crippen molar-refractivity contribution < 1.29 is 73.3 Å². The van der Waals surface area contributed by atoms with Crippen molar-refractivity contribution in [2.75, 3.05) is 5.32 Å². The number of aliphatic carboxylic acids is 1. The normalized spacial score (nSPS) is 13.4. The number of carboxylic acids is 1. The van der Waals surface area contributed by atoms with E-state index in [1.54, 1.807) is 0 Å². The number of rotatable bonds is 8. The SMILES string of the molecule is O=C(O[C@@H](C(=O)O)[C@@H](OC(=O)c1cccc(C(F)(F)F)c1)C(=O)Nc1cccc(C(F)(F)F)c1)c1cccc(C(F)(F)F)c1. The van der Waals surface area contributed by atoms with Crippen LogP contribution in [0, 0.1) is 0 Å². The average Bonchev–Trinajstić information content (AvgIpc) is 2.93. The molecule has 0 bridgehead atoms. The van der Waals surface area contributed by atoms with E-state index in [-0.39, 0.29) is 12.1 Å². The predicted octanol–water partition coefficient (Wildman–Crippen LogP) is 6.22. The first-order valence-electron chi connectivity index (χ1n) is 11.7. The maximum atomic E-state index is 13.1. The highest BCUT2D eigenvalue weighted by Gasteiger charge is 2.42. The van der Waals surface area contributed by atoms with Crippen molar-refractivity contribution >= 4 is 29.5 Å². The molecule has 234 valence electrons. The van der Waals surface area contributed by atoms with Crippen molar-refractivity contribution in [3.63, 3.8) is 0 Å². The van der Waals surface area contributed by atoms with Crippen LogP contribution in [0.3, 0.4) is 0 Å². The Morgan fingerprint density at radius 1 is 0.591 bits per heavy atom. The molecule has 0 fully saturated rings. The molecule has 0 unspecified atom stereocenters. The number of hydrogen-bond acceptors (Lipinski definition) is 6. The molecular weight excluding hydrogens is 621 g/mol. The van der Waals surface area contributed by atoms with Crippen LogP contribution in [0.15, 0.2) is 72.8 Å². The molecule has 17 heteroatoms. The second kappa shape index (κ2) is 12.6. The summed E-state index contributed by atoms with van der Waals surface area (Å²) in [6.07, 6.45) is -20.5. The number of nitrogens with one attached hydrogen (secondary N) is 1. The van der Waals surface area contributed by atoms with Crippen molar-refractivity contribution in [1.29, 1.82) is 0 Å². The van der Waals surface area contributed by atoms with Crippen LogP contribution in [-0.2, 0) is 37.6 Å². The number of carbonyl (C=O) groups is 4. The first-order chi connectivity index (χ1) is 20.3. The number of hydrogen-bond donors (Lipinski definition) is 2. The van der Waals surface area contributed by atoms with E-state index in [9.17, 15) is 63.8 Å². The zero-order chi connectivity index (χ0) is 33.0. The lowest BCUT2D eigenvalue weighted by atomic mass is 10.1. The Morgan fingerprint density at radius 2 is 0.977 bits per heavy atom. The molecule has 0 aliphatic rings. The number of carbonyl (C=O) groups excluding carboxylic acids is 3. The second-order valence-corrected chi connectivity index (χ2v) is 8.71. The standard InChI is InChI=1S/C27H16F9NO7/c28-25(29,30)15-6-1-4-13(10-15)23(41)43-19(21(38)37-18-9-3-8-17(12-18)27(34,35)36)20(22(39)40)44-24(42)14-5-2-7-16(11-14)26(31,32)33/h1-12,19-20H,(H,37,38)(H,39,40)/t19-,20-/m1/s1. The molecule has 3 aromatic carbocycles. The lowest BCUT2D eigenvalue weighted by Crippen LogP contribution is -2.48. The van der Waals surface area contributed by atoms with Crippen molar-refractivity contribution in [1.82, 2.24) is 0 Å². The molecule has 3 aromatic rings. The Labute approximate surface area is 240 Å². The van der Waals surface area contributed by atoms with Crippen LogP contribution < -0.4 is 5.32 Å². The van der Waals surface area contributed by atoms with Crippen molar-refractivity contribution in [3.05, 3.63) is 101 Å². The van der Waals surface area contributed by atoms with Gasteiger partial charge in [0, 0.05) is 5.69 Å². The summed E-state index contributed by atoms with van der Waals surface area (Å²) < 4.78 is 127. The van der Waals surface area contributed by atoms with Gasteiger partial charge in [-0.05, 0) is 54.6 Å². The monoisotopic (exact) mass is 637 g/mol. The topological polar surface area (TPSA) is 119 Å². The summed E-state index contributed by atoms with van der Waals surface area (Å²) in [6.45, 7) is 0. The maximum Gasteiger partial charge on any atom is 0.416 e. The Kier molecular flexibility index (Phi) is 9.60. The Morgan fingerprint density at radius 3 is 1.39 bits per heavy atom. The third kappa shape index (κ3) is 8.48. The molecule has 44 heavy (non-hydrogen) atoms. The summed E-state index contributed by atoms with van der Waals surface area (Å²) in [4.78, 5) is 50.5. The zero-order valence-electron chi connectivity index (χ0n) is 21.4. The number of benzene rings is 3. The first kappa shape index (κ1) is 33.4. The zero-order valence-corrected chi connectivity index (χ0v) is 21.4. The Bertz CT molecular complexity index is 1570. The Hall–Kier alpha value is -5.09. The summed E-state index contributed by atoms with van der Waals surface area (Å²) >= 11 is 0. The summed E-state index contributed by atoms with van der Waals surface area (Å²) in [5, 5.41) is 11.5. The second-order valence-electron chi connectivity index (χ2n) is 8.71. The smallest absolute Gasteiger partial charge is 0.416 e. The quantitative estimate of drug-likeness (QED) is 0.223. The van der Waals surface area contributed by atoms with Gasteiger partial charge in [-0.2, -0.15) is 39.5 Å². The molecule has 8 nitrogen and oxygen atoms in total. The molecule has 2 N–H and O–H groups in total. The van der Waals surface area contributed by atoms with Crippen LogP contribution in [0.4, 0.5) is 45.2 Å². The average molecular weight is 637 g/mol. The van der Waals surface area contributed by atoms with E-state index in [2.05, 4.69) is 4.74 Å². The highest BCUT2D eigenvalue weighted by atomic mass is 19.4. The van der Waals surface area contributed by atoms with E-state index in [0.717, 1.165) is 36.4 Å². The molecule has 2 atom stereocenters. The van der Waals surface area contributed by atoms with Gasteiger partial charge in [0.1, 0.15) is 0 Å². The van der Waals surface area contributed by atoms with E-state index in [1.165, 1.54) is 0 Å². The minimum absolute atomic E-state index is 0.271. The summed E-state index contributed by atoms with van der Waals surface area (Å²) in [5.41, 5.74) is -6.36. The molecule has 0 radical (unpaired) electrons. The fraction of sp³-hybridized carbons (Fsp3) is 0.185. The number of ether oxygens (including phenoxy) is 2. The summed E-state index contributed by atoms with van der Waals surface area (Å²) in [7, 11) is 0. The van der Waals surface area contributed by atoms with E-state index in [0.29, 0.717) is 24.3 Å². The van der Waals surface area contributed by atoms with Crippen LogP contribution >= 0.6 is 0 Å². The number of alkyl halides is 9. The molecule has 0 aliphatic carbocycles. The van der Waals surface area contributed by atoms with Gasteiger partial charge in [-0.3, -0.25) is 4.79 Å². The fourth-order valence-electron chi connectivity index (χ4n) is 3.49. The molecule has 0 aliphatic heterocycles. The van der Waals surface area contributed by atoms with Crippen LogP contribution in [0.5, 0.6) is 0 Å². The molecular formula is C27H16F9NO7. The maximum absolute atomic E-state index is 13.1. The van der Waals surface area contributed by atoms with Gasteiger partial charge >= 0.3 is 36.4 Å². The highest BCUT2D eigenvalue weighted by molar-refractivity contribution is 6.01. The number of carboxylic acid groups (broad SMARTS) is 1. The molecule has 1 amide bonds. The third-order valence-corrected chi connectivity index (χ3v) is 5.55. The summed E-state index contributed by atoms with van der Waals surface area (Å²) in [5.74, 6) is -7.49. The molecule has 0 spiro atoms. The molecule has 0 aromatic heterocycles. The van der Waals surface area contributed by atoms with E-state index >= 15 is 0 Å². The number of esters is 2. The van der Waals surface area contributed by atoms with Gasteiger partial charge in [0.2, 0.25) is 12.2 Å². The Balaban J connectivity index is 2.00. The van der Waals surface area contributed by atoms with Crippen molar-refractivity contribution in [2.45, 2.75) is 30.7 Å². The minimum atomic E-state index is -4.96. The van der Waals surface area contributed by atoms with E-state index in [4.69, 9.17) is 4.74 Å². The van der Waals surface area contributed by atoms with Crippen LogP contribution in [-0.4, -0.2) is 41.1 Å². The molecule has 3 rings (SSSR count). The lowest BCUT2D eigenvalue weighted by molar-refractivity contribution is -0.157. The lowest BCUT2D eigenvalue weighted by Gasteiger charge is -2.24. The van der Waals surface area contributed by atoms with Gasteiger partial charge < -0.3 is 19.9 Å². The van der Waals surface area contributed by atoms with Gasteiger partial charge in [-0.25, -0.2) is 14.4 Å². The third-order valence-electron chi connectivity index (χ3n) is 5.55. The van der Waals surface area contributed by atoms with Gasteiger partial charge in [0.15, 0.2) is 0 Å². The fourth-order valence-corrected chi connectivity index (χ4v) is 3.49. The van der Waals surface area contributed by atoms with Gasteiger partial charge in [-0.1, -0.05) is 18.2 Å². The van der Waals surface area contributed by atoms with E-state index in [1.807, 2.05) is 5.32 Å². The predicted molar refractivity (Wildman–Crippen MR) is 129 cm³/mol. The number of amides is 1. The van der Waals surface area contributed by atoms with Crippen LogP contribution in [0.1, 0.15) is 37.4 Å². The molecule has 0 saturated carbocycles. The van der Waals surface area contributed by atoms with Gasteiger partial charge in [0.05, 0.1) is 27.8 Å². The van der Waals surface area contributed by atoms with Crippen molar-refractivity contribution in [2.24, 2.45) is 0 Å². The molecule has 0 saturated heterocycles. The molecule has 0 heterocycles. The minimum Gasteiger partial charge on any atom is -0.478 e. The largest absolute Gasteiger partial charge is 0.478 e. The van der Waals surface area contributed by atoms with Crippen LogP contribution in [0.2, 0.25) is 0 Å². The van der Waals surface area contributed by atoms with E-state index < -0.39 is 88.1 Å². The van der Waals surface area contributed by atoms with Crippen LogP contribution in [0.25, 0.3) is 0 Å². The highest BCUT2D eigenvalue weighted by Crippen LogP contribution is 2.32. The number of anilines is 1. The van der Waals surface area contributed by atoms with Gasteiger partial charge in [0.25, 0.3) is 5.91 Å². The summed E-state index contributed by atoms with van der Waals surface area (Å²) in [6, 6.07) is 7.51. The first-order valence-corrected chi connectivity index (χ1v) is 11.7. The number of halogens is 9.